The summed E-state index contributed by atoms with van der Waals surface area (Å²) in [5, 5.41) is 2.86. The lowest BCUT2D eigenvalue weighted by Gasteiger charge is -2.35. The monoisotopic (exact) mass is 352 g/mol. The van der Waals surface area contributed by atoms with Gasteiger partial charge >= 0.3 is 12.0 Å². The molecule has 1 atom stereocenters. The van der Waals surface area contributed by atoms with Gasteiger partial charge in [-0.1, -0.05) is 17.7 Å². The summed E-state index contributed by atoms with van der Waals surface area (Å²) in [5.74, 6) is -1.16. The Hall–Kier alpha value is -2.08. The molecule has 1 N–H and O–H groups in total. The number of benzene rings is 1. The van der Waals surface area contributed by atoms with Crippen molar-refractivity contribution in [3.63, 3.8) is 0 Å². The summed E-state index contributed by atoms with van der Waals surface area (Å²) in [7, 11) is 0. The van der Waals surface area contributed by atoms with Crippen LogP contribution < -0.4 is 5.32 Å². The molecule has 1 aromatic carbocycles. The molecule has 0 unspecified atom stereocenters. The minimum absolute atomic E-state index is 0.0744. The number of carbonyl (C=O) groups is 2. The number of allylic oxidation sites excluding steroid dienone is 1. The zero-order valence-corrected chi connectivity index (χ0v) is 14.2. The van der Waals surface area contributed by atoms with E-state index in [2.05, 4.69) is 5.32 Å². The van der Waals surface area contributed by atoms with Crippen molar-refractivity contribution in [2.45, 2.75) is 38.8 Å². The normalized spacial score (nSPS) is 20.9. The predicted octanol–water partition coefficient (Wildman–Crippen LogP) is 3.54. The van der Waals surface area contributed by atoms with Gasteiger partial charge in [-0.3, -0.25) is 4.90 Å². The molecule has 1 saturated carbocycles. The number of esters is 1. The standard InChI is InChI=1S/C17H18ClFN2O3/c1-3-24-16(22)13-9(2)21(10-7-8-10)17(23)20-15(13)14-11(18)5-4-6-12(14)19/h4-6,10,15H,3,7-8H2,1-2H3,(H,20,23)/t15-/m1/s1. The molecule has 3 rings (SSSR count). The highest BCUT2D eigenvalue weighted by atomic mass is 35.5. The van der Waals surface area contributed by atoms with E-state index in [1.807, 2.05) is 0 Å². The number of hydrogen-bond donors (Lipinski definition) is 1. The fraction of sp³-hybridized carbons (Fsp3) is 0.412. The van der Waals surface area contributed by atoms with Gasteiger partial charge in [-0.2, -0.15) is 0 Å². The van der Waals surface area contributed by atoms with Crippen LogP contribution in [0.25, 0.3) is 0 Å². The molecule has 1 aliphatic heterocycles. The van der Waals surface area contributed by atoms with E-state index in [-0.39, 0.29) is 34.8 Å². The van der Waals surface area contributed by atoms with Crippen molar-refractivity contribution < 1.29 is 18.7 Å². The zero-order chi connectivity index (χ0) is 17.4. The highest BCUT2D eigenvalue weighted by Gasteiger charge is 2.43. The van der Waals surface area contributed by atoms with Crippen molar-refractivity contribution in [2.24, 2.45) is 0 Å². The van der Waals surface area contributed by atoms with Crippen molar-refractivity contribution in [1.82, 2.24) is 10.2 Å². The molecule has 0 spiro atoms. The molecule has 0 aromatic heterocycles. The van der Waals surface area contributed by atoms with Crippen molar-refractivity contribution in [3.05, 3.63) is 45.9 Å². The molecule has 5 nitrogen and oxygen atoms in total. The Balaban J connectivity index is 2.13. The van der Waals surface area contributed by atoms with Gasteiger partial charge in [0.1, 0.15) is 5.82 Å². The summed E-state index contributed by atoms with van der Waals surface area (Å²) in [4.78, 5) is 26.5. The van der Waals surface area contributed by atoms with Crippen LogP contribution in [-0.2, 0) is 9.53 Å². The Morgan fingerprint density at radius 1 is 1.46 bits per heavy atom. The SMILES string of the molecule is CCOC(=O)C1=C(C)N(C2CC2)C(=O)N[C@H]1c1c(F)cccc1Cl. The lowest BCUT2D eigenvalue weighted by atomic mass is 9.94. The summed E-state index contributed by atoms with van der Waals surface area (Å²) in [5.41, 5.74) is 0.782. The number of nitrogens with zero attached hydrogens (tertiary/aromatic N) is 1. The minimum atomic E-state index is -0.972. The van der Waals surface area contributed by atoms with Gasteiger partial charge in [-0.05, 0) is 38.8 Å². The molecular weight excluding hydrogens is 335 g/mol. The smallest absolute Gasteiger partial charge is 0.338 e. The molecule has 2 amide bonds. The largest absolute Gasteiger partial charge is 0.463 e. The fourth-order valence-electron chi connectivity index (χ4n) is 3.01. The Labute approximate surface area is 144 Å². The van der Waals surface area contributed by atoms with E-state index in [9.17, 15) is 14.0 Å². The van der Waals surface area contributed by atoms with Crippen LogP contribution in [0.5, 0.6) is 0 Å². The van der Waals surface area contributed by atoms with E-state index in [0.717, 1.165) is 12.8 Å². The fourth-order valence-corrected chi connectivity index (χ4v) is 3.28. The van der Waals surface area contributed by atoms with Crippen molar-refractivity contribution in [2.75, 3.05) is 6.61 Å². The second kappa shape index (κ2) is 6.43. The first-order valence-electron chi connectivity index (χ1n) is 7.87. The summed E-state index contributed by atoms with van der Waals surface area (Å²) in [6.45, 7) is 3.56. The third-order valence-electron chi connectivity index (χ3n) is 4.22. The molecule has 1 fully saturated rings. The number of amides is 2. The highest BCUT2D eigenvalue weighted by Crippen LogP contribution is 2.40. The van der Waals surface area contributed by atoms with Gasteiger partial charge in [-0.15, -0.1) is 0 Å². The summed E-state index contributed by atoms with van der Waals surface area (Å²) < 4.78 is 19.5. The maximum Gasteiger partial charge on any atom is 0.338 e. The highest BCUT2D eigenvalue weighted by molar-refractivity contribution is 6.31. The van der Waals surface area contributed by atoms with Gasteiger partial charge in [0, 0.05) is 22.3 Å². The van der Waals surface area contributed by atoms with Crippen LogP contribution in [0.4, 0.5) is 9.18 Å². The van der Waals surface area contributed by atoms with Crippen molar-refractivity contribution >= 4 is 23.6 Å². The van der Waals surface area contributed by atoms with Crippen LogP contribution in [0.1, 0.15) is 38.3 Å². The van der Waals surface area contributed by atoms with E-state index in [0.29, 0.717) is 5.70 Å². The lowest BCUT2D eigenvalue weighted by molar-refractivity contribution is -0.139. The quantitative estimate of drug-likeness (QED) is 0.843. The van der Waals surface area contributed by atoms with Crippen LogP contribution in [0.2, 0.25) is 5.02 Å². The molecular formula is C17H18ClFN2O3. The first-order valence-corrected chi connectivity index (χ1v) is 8.25. The zero-order valence-electron chi connectivity index (χ0n) is 13.4. The van der Waals surface area contributed by atoms with Gasteiger partial charge in [0.25, 0.3) is 0 Å². The number of carbonyl (C=O) groups excluding carboxylic acids is 2. The molecule has 24 heavy (non-hydrogen) atoms. The average molecular weight is 353 g/mol. The van der Waals surface area contributed by atoms with Crippen LogP contribution in [0.3, 0.4) is 0 Å². The van der Waals surface area contributed by atoms with Gasteiger partial charge in [0.05, 0.1) is 18.2 Å². The Bertz CT molecular complexity index is 710. The first-order chi connectivity index (χ1) is 11.5. The van der Waals surface area contributed by atoms with Gasteiger partial charge in [-0.25, -0.2) is 14.0 Å². The van der Waals surface area contributed by atoms with Crippen LogP contribution in [-0.4, -0.2) is 29.5 Å². The number of ether oxygens (including phenoxy) is 1. The van der Waals surface area contributed by atoms with E-state index in [1.165, 1.54) is 18.2 Å². The molecule has 2 aliphatic rings. The van der Waals surface area contributed by atoms with E-state index in [4.69, 9.17) is 16.3 Å². The number of rotatable bonds is 4. The van der Waals surface area contributed by atoms with Gasteiger partial charge < -0.3 is 10.1 Å². The lowest BCUT2D eigenvalue weighted by Crippen LogP contribution is -2.49. The Morgan fingerprint density at radius 2 is 2.17 bits per heavy atom. The topological polar surface area (TPSA) is 58.6 Å². The molecule has 7 heteroatoms. The number of urea groups is 1. The van der Waals surface area contributed by atoms with Crippen LogP contribution >= 0.6 is 11.6 Å². The summed E-state index contributed by atoms with van der Waals surface area (Å²) in [6, 6.07) is 3.00. The third-order valence-corrected chi connectivity index (χ3v) is 4.55. The molecule has 0 saturated heterocycles. The molecule has 1 aromatic rings. The Kier molecular flexibility index (Phi) is 4.49. The van der Waals surface area contributed by atoms with Crippen molar-refractivity contribution in [3.8, 4) is 0 Å². The molecule has 1 heterocycles. The first kappa shape index (κ1) is 16.8. The van der Waals surface area contributed by atoms with Crippen molar-refractivity contribution in [1.29, 1.82) is 0 Å². The summed E-state index contributed by atoms with van der Waals surface area (Å²) in [6.07, 6.45) is 1.76. The van der Waals surface area contributed by atoms with Crippen LogP contribution in [0.15, 0.2) is 29.5 Å². The Morgan fingerprint density at radius 3 is 2.75 bits per heavy atom. The number of hydrogen-bond acceptors (Lipinski definition) is 3. The second-order valence-electron chi connectivity index (χ2n) is 5.84. The molecule has 0 radical (unpaired) electrons. The minimum Gasteiger partial charge on any atom is -0.463 e. The molecule has 0 bridgehead atoms. The van der Waals surface area contributed by atoms with Gasteiger partial charge in [0.2, 0.25) is 0 Å². The average Bonchev–Trinajstić information content (AvgIpc) is 3.31. The summed E-state index contributed by atoms with van der Waals surface area (Å²) >= 11 is 6.14. The van der Waals surface area contributed by atoms with Gasteiger partial charge in [0.15, 0.2) is 0 Å². The maximum atomic E-state index is 14.4. The van der Waals surface area contributed by atoms with E-state index in [1.54, 1.807) is 18.7 Å². The molecule has 128 valence electrons. The maximum absolute atomic E-state index is 14.4. The molecule has 1 aliphatic carbocycles. The number of halogens is 2. The van der Waals surface area contributed by atoms with Crippen LogP contribution in [0, 0.1) is 5.82 Å². The second-order valence-corrected chi connectivity index (χ2v) is 6.25. The third kappa shape index (κ3) is 2.86. The van der Waals surface area contributed by atoms with E-state index < -0.39 is 17.8 Å². The predicted molar refractivity (Wildman–Crippen MR) is 86.9 cm³/mol. The van der Waals surface area contributed by atoms with E-state index >= 15 is 0 Å². The number of nitrogens with one attached hydrogen (secondary N) is 1.